The van der Waals surface area contributed by atoms with E-state index in [2.05, 4.69) is 17.4 Å². The van der Waals surface area contributed by atoms with E-state index in [9.17, 15) is 4.79 Å². The highest BCUT2D eigenvalue weighted by molar-refractivity contribution is 5.85. The van der Waals surface area contributed by atoms with Crippen LogP contribution >= 0.6 is 12.4 Å². The molecule has 0 fully saturated rings. The Bertz CT molecular complexity index is 739. The van der Waals surface area contributed by atoms with Crippen LogP contribution in [0, 0.1) is 0 Å². The lowest BCUT2D eigenvalue weighted by Crippen LogP contribution is -2.38. The first-order valence-corrected chi connectivity index (χ1v) is 9.01. The van der Waals surface area contributed by atoms with Gasteiger partial charge in [0.15, 0.2) is 0 Å². The third-order valence-corrected chi connectivity index (χ3v) is 4.71. The predicted molar refractivity (Wildman–Crippen MR) is 109 cm³/mol. The fourth-order valence-corrected chi connectivity index (χ4v) is 3.33. The topological polar surface area (TPSA) is 50.8 Å². The van der Waals surface area contributed by atoms with E-state index in [-0.39, 0.29) is 24.4 Å². The molecule has 2 aromatic rings. The summed E-state index contributed by atoms with van der Waals surface area (Å²) < 4.78 is 11.2. The predicted octanol–water partition coefficient (Wildman–Crippen LogP) is 3.58. The molecule has 1 amide bonds. The summed E-state index contributed by atoms with van der Waals surface area (Å²) in [5, 5.41) is 3.07. The van der Waals surface area contributed by atoms with Gasteiger partial charge in [0.2, 0.25) is 5.91 Å². The van der Waals surface area contributed by atoms with E-state index in [4.69, 9.17) is 9.47 Å². The molecule has 1 aliphatic heterocycles. The molecule has 0 bridgehead atoms. The Morgan fingerprint density at radius 3 is 2.74 bits per heavy atom. The zero-order chi connectivity index (χ0) is 18.4. The van der Waals surface area contributed by atoms with Crippen molar-refractivity contribution in [3.8, 4) is 11.5 Å². The van der Waals surface area contributed by atoms with E-state index in [1.807, 2.05) is 48.3 Å². The number of carbonyl (C=O) groups is 1. The number of amides is 1. The van der Waals surface area contributed by atoms with Gasteiger partial charge in [-0.05, 0) is 30.8 Å². The molecular formula is C21H27ClN2O3. The molecule has 0 aliphatic carbocycles. The van der Waals surface area contributed by atoms with Crippen molar-refractivity contribution in [2.24, 2.45) is 0 Å². The van der Waals surface area contributed by atoms with Crippen molar-refractivity contribution in [1.82, 2.24) is 10.2 Å². The molecule has 0 spiro atoms. The van der Waals surface area contributed by atoms with Gasteiger partial charge in [-0.2, -0.15) is 0 Å². The number of ether oxygens (including phenoxy) is 2. The molecule has 6 heteroatoms. The Morgan fingerprint density at radius 1 is 1.26 bits per heavy atom. The molecular weight excluding hydrogens is 364 g/mol. The third-order valence-electron chi connectivity index (χ3n) is 4.71. The minimum atomic E-state index is -0.0154. The second kappa shape index (κ2) is 10.2. The SMILES string of the molecule is CNCCC(=O)N(Cc1ccccc1)C1CCOc2ccc(OC)cc21.Cl. The second-order valence-electron chi connectivity index (χ2n) is 6.42. The Balaban J connectivity index is 0.00000261. The number of fused-ring (bicyclic) bond motifs is 1. The molecule has 1 atom stereocenters. The minimum Gasteiger partial charge on any atom is -0.497 e. The number of hydrogen-bond acceptors (Lipinski definition) is 4. The molecule has 1 heterocycles. The molecule has 0 aromatic heterocycles. The number of carbonyl (C=O) groups excluding carboxylic acids is 1. The van der Waals surface area contributed by atoms with Gasteiger partial charge >= 0.3 is 0 Å². The van der Waals surface area contributed by atoms with Crippen molar-refractivity contribution in [2.45, 2.75) is 25.4 Å². The first-order chi connectivity index (χ1) is 12.7. The summed E-state index contributed by atoms with van der Waals surface area (Å²) in [5.74, 6) is 1.76. The highest BCUT2D eigenvalue weighted by Gasteiger charge is 2.30. The van der Waals surface area contributed by atoms with Crippen molar-refractivity contribution < 1.29 is 14.3 Å². The number of nitrogens with one attached hydrogen (secondary N) is 1. The summed E-state index contributed by atoms with van der Waals surface area (Å²) in [4.78, 5) is 15.0. The van der Waals surface area contributed by atoms with Crippen molar-refractivity contribution in [3.05, 3.63) is 59.7 Å². The smallest absolute Gasteiger partial charge is 0.224 e. The molecule has 1 aliphatic rings. The molecule has 0 radical (unpaired) electrons. The van der Waals surface area contributed by atoms with Gasteiger partial charge in [-0.25, -0.2) is 0 Å². The molecule has 1 N–H and O–H groups in total. The lowest BCUT2D eigenvalue weighted by molar-refractivity contribution is -0.135. The highest BCUT2D eigenvalue weighted by Crippen LogP contribution is 2.39. The lowest BCUT2D eigenvalue weighted by atomic mass is 9.97. The van der Waals surface area contributed by atoms with Gasteiger partial charge in [0.25, 0.3) is 0 Å². The van der Waals surface area contributed by atoms with Crippen LogP contribution in [0.4, 0.5) is 0 Å². The average molecular weight is 391 g/mol. The molecule has 1 unspecified atom stereocenters. The lowest BCUT2D eigenvalue weighted by Gasteiger charge is -2.36. The number of methoxy groups -OCH3 is 1. The standard InChI is InChI=1S/C21H26N2O3.ClH/c1-22-12-10-21(24)23(15-16-6-4-3-5-7-16)19-11-13-26-20-9-8-17(25-2)14-18(19)20;/h3-9,14,19,22H,10-13,15H2,1-2H3;1H. The first-order valence-electron chi connectivity index (χ1n) is 9.01. The summed E-state index contributed by atoms with van der Waals surface area (Å²) in [5.41, 5.74) is 2.14. The molecule has 0 saturated heterocycles. The monoisotopic (exact) mass is 390 g/mol. The second-order valence-corrected chi connectivity index (χ2v) is 6.42. The largest absolute Gasteiger partial charge is 0.497 e. The van der Waals surface area contributed by atoms with E-state index < -0.39 is 0 Å². The molecule has 2 aromatic carbocycles. The van der Waals surface area contributed by atoms with Gasteiger partial charge in [0.1, 0.15) is 11.5 Å². The zero-order valence-electron chi connectivity index (χ0n) is 15.8. The Kier molecular flexibility index (Phi) is 7.95. The number of nitrogens with zero attached hydrogens (tertiary/aromatic N) is 1. The quantitative estimate of drug-likeness (QED) is 0.785. The fourth-order valence-electron chi connectivity index (χ4n) is 3.33. The van der Waals surface area contributed by atoms with Crippen LogP contribution in [-0.4, -0.2) is 38.1 Å². The van der Waals surface area contributed by atoms with Crippen molar-refractivity contribution in [3.63, 3.8) is 0 Å². The highest BCUT2D eigenvalue weighted by atomic mass is 35.5. The zero-order valence-corrected chi connectivity index (χ0v) is 16.6. The van der Waals surface area contributed by atoms with Crippen LogP contribution in [0.15, 0.2) is 48.5 Å². The van der Waals surface area contributed by atoms with Crippen LogP contribution in [0.1, 0.15) is 30.0 Å². The van der Waals surface area contributed by atoms with Gasteiger partial charge in [0, 0.05) is 31.5 Å². The third kappa shape index (κ3) is 5.15. The molecule has 3 rings (SSSR count). The molecule has 0 saturated carbocycles. The van der Waals surface area contributed by atoms with Gasteiger partial charge in [-0.15, -0.1) is 12.4 Å². The van der Waals surface area contributed by atoms with Crippen LogP contribution in [0.25, 0.3) is 0 Å². The minimum absolute atomic E-state index is 0. The summed E-state index contributed by atoms with van der Waals surface area (Å²) >= 11 is 0. The Labute approximate surface area is 167 Å². The summed E-state index contributed by atoms with van der Waals surface area (Å²) in [6, 6.07) is 15.9. The van der Waals surface area contributed by atoms with E-state index in [1.54, 1.807) is 7.11 Å². The number of rotatable bonds is 7. The van der Waals surface area contributed by atoms with E-state index in [1.165, 1.54) is 0 Å². The molecule has 146 valence electrons. The maximum absolute atomic E-state index is 13.0. The Morgan fingerprint density at radius 2 is 2.04 bits per heavy atom. The van der Waals surface area contributed by atoms with Crippen LogP contribution in [0.3, 0.4) is 0 Å². The van der Waals surface area contributed by atoms with Crippen LogP contribution in [0.2, 0.25) is 0 Å². The number of benzene rings is 2. The van der Waals surface area contributed by atoms with E-state index >= 15 is 0 Å². The molecule has 5 nitrogen and oxygen atoms in total. The maximum atomic E-state index is 13.0. The van der Waals surface area contributed by atoms with E-state index in [0.717, 1.165) is 29.0 Å². The summed E-state index contributed by atoms with van der Waals surface area (Å²) in [6.45, 7) is 1.86. The fraction of sp³-hybridized carbons (Fsp3) is 0.381. The van der Waals surface area contributed by atoms with E-state index in [0.29, 0.717) is 26.1 Å². The van der Waals surface area contributed by atoms with Crippen molar-refractivity contribution in [2.75, 3.05) is 27.3 Å². The van der Waals surface area contributed by atoms with Gasteiger partial charge in [-0.1, -0.05) is 30.3 Å². The summed E-state index contributed by atoms with van der Waals surface area (Å²) in [7, 11) is 3.52. The summed E-state index contributed by atoms with van der Waals surface area (Å²) in [6.07, 6.45) is 1.25. The number of hydrogen-bond donors (Lipinski definition) is 1. The first kappa shape index (κ1) is 21.1. The van der Waals surface area contributed by atoms with Gasteiger partial charge < -0.3 is 19.7 Å². The van der Waals surface area contributed by atoms with Crippen molar-refractivity contribution >= 4 is 18.3 Å². The molecule has 27 heavy (non-hydrogen) atoms. The average Bonchev–Trinajstić information content (AvgIpc) is 2.70. The van der Waals surface area contributed by atoms with Crippen molar-refractivity contribution in [1.29, 1.82) is 0 Å². The van der Waals surface area contributed by atoms with Gasteiger partial charge in [-0.3, -0.25) is 4.79 Å². The maximum Gasteiger partial charge on any atom is 0.224 e. The van der Waals surface area contributed by atoms with Crippen LogP contribution in [0.5, 0.6) is 11.5 Å². The van der Waals surface area contributed by atoms with Crippen LogP contribution < -0.4 is 14.8 Å². The number of halogens is 1. The van der Waals surface area contributed by atoms with Crippen LogP contribution in [-0.2, 0) is 11.3 Å². The van der Waals surface area contributed by atoms with Gasteiger partial charge in [0.05, 0.1) is 19.8 Å². The Hall–Kier alpha value is -2.24. The normalized spacial score (nSPS) is 15.1.